The van der Waals surface area contributed by atoms with Crippen LogP contribution in [0.4, 0.5) is 8.78 Å². The van der Waals surface area contributed by atoms with Gasteiger partial charge < -0.3 is 15.4 Å². The van der Waals surface area contributed by atoms with Gasteiger partial charge in [-0.1, -0.05) is 12.1 Å². The summed E-state index contributed by atoms with van der Waals surface area (Å²) in [6, 6.07) is 5.75. The molecular weight excluding hydrogens is 378 g/mol. The van der Waals surface area contributed by atoms with Gasteiger partial charge in [-0.3, -0.25) is 9.59 Å². The maximum atomic E-state index is 12.5. The van der Waals surface area contributed by atoms with Crippen LogP contribution < -0.4 is 15.4 Å². The molecule has 0 unspecified atom stereocenters. The Balaban J connectivity index is 1.22. The summed E-state index contributed by atoms with van der Waals surface area (Å²) in [5.74, 6) is 1.56. The van der Waals surface area contributed by atoms with E-state index in [4.69, 9.17) is 0 Å². The van der Waals surface area contributed by atoms with E-state index in [1.165, 1.54) is 56.7 Å². The summed E-state index contributed by atoms with van der Waals surface area (Å²) in [5.41, 5.74) is 0.380. The molecule has 1 aromatic rings. The first-order valence-corrected chi connectivity index (χ1v) is 10.5. The molecule has 1 aromatic carbocycles. The van der Waals surface area contributed by atoms with Crippen molar-refractivity contribution in [2.75, 3.05) is 13.1 Å². The smallest absolute Gasteiger partial charge is 0.387 e. The zero-order chi connectivity index (χ0) is 20.4. The fourth-order valence-electron chi connectivity index (χ4n) is 6.23. The molecule has 29 heavy (non-hydrogen) atoms. The van der Waals surface area contributed by atoms with Crippen LogP contribution in [-0.2, 0) is 4.79 Å². The van der Waals surface area contributed by atoms with Crippen molar-refractivity contribution in [1.82, 2.24) is 10.6 Å². The number of amides is 2. The monoisotopic (exact) mass is 406 g/mol. The molecule has 0 radical (unpaired) electrons. The predicted octanol–water partition coefficient (Wildman–Crippen LogP) is 3.74. The van der Waals surface area contributed by atoms with E-state index in [-0.39, 0.29) is 23.8 Å². The SMILES string of the molecule is O=C(CNC(=O)c1ccccc1OC(F)F)NCCC12CC3CC(CC(C3)C1)C2. The standard InChI is InChI=1S/C22H28F2N2O3/c23-21(24)29-18-4-2-1-3-17(18)20(28)26-13-19(27)25-6-5-22-10-14-7-15(11-22)9-16(8-14)12-22/h1-4,14-16,21H,5-13H2,(H,25,27)(H,26,28). The first kappa shape index (κ1) is 20.1. The molecule has 4 fully saturated rings. The number of carbonyl (C=O) groups excluding carboxylic acids is 2. The molecule has 7 heteroatoms. The summed E-state index contributed by atoms with van der Waals surface area (Å²) in [4.78, 5) is 24.4. The van der Waals surface area contributed by atoms with Crippen LogP contribution in [0.3, 0.4) is 0 Å². The minimum absolute atomic E-state index is 0.0193. The lowest BCUT2D eigenvalue weighted by Crippen LogP contribution is -2.47. The average Bonchev–Trinajstić information content (AvgIpc) is 2.65. The third kappa shape index (κ3) is 4.70. The van der Waals surface area contributed by atoms with E-state index in [0.29, 0.717) is 12.0 Å². The maximum absolute atomic E-state index is 12.5. The topological polar surface area (TPSA) is 67.4 Å². The zero-order valence-corrected chi connectivity index (χ0v) is 16.5. The molecule has 5 nitrogen and oxygen atoms in total. The van der Waals surface area contributed by atoms with Gasteiger partial charge in [0.2, 0.25) is 5.91 Å². The number of ether oxygens (including phenoxy) is 1. The van der Waals surface area contributed by atoms with Crippen LogP contribution in [0, 0.1) is 23.2 Å². The molecule has 0 atom stereocenters. The van der Waals surface area contributed by atoms with Crippen molar-refractivity contribution in [1.29, 1.82) is 0 Å². The van der Waals surface area contributed by atoms with Crippen LogP contribution in [0.5, 0.6) is 5.75 Å². The van der Waals surface area contributed by atoms with Crippen molar-refractivity contribution in [2.24, 2.45) is 23.2 Å². The van der Waals surface area contributed by atoms with E-state index >= 15 is 0 Å². The second-order valence-corrected chi connectivity index (χ2v) is 9.07. The number of nitrogens with one attached hydrogen (secondary N) is 2. The van der Waals surface area contributed by atoms with E-state index in [0.717, 1.165) is 24.2 Å². The number of carbonyl (C=O) groups is 2. The molecule has 158 valence electrons. The number of hydrogen-bond acceptors (Lipinski definition) is 3. The number of rotatable bonds is 8. The normalized spacial score (nSPS) is 29.7. The highest BCUT2D eigenvalue weighted by atomic mass is 19.3. The van der Waals surface area contributed by atoms with Crippen LogP contribution in [0.15, 0.2) is 24.3 Å². The van der Waals surface area contributed by atoms with Crippen molar-refractivity contribution in [2.45, 2.75) is 51.6 Å². The minimum Gasteiger partial charge on any atom is -0.434 e. The predicted molar refractivity (Wildman–Crippen MR) is 104 cm³/mol. The van der Waals surface area contributed by atoms with E-state index in [1.54, 1.807) is 6.07 Å². The summed E-state index contributed by atoms with van der Waals surface area (Å²) in [6.45, 7) is -2.59. The number of halogens is 2. The molecule has 0 spiro atoms. The van der Waals surface area contributed by atoms with Gasteiger partial charge >= 0.3 is 6.61 Å². The third-order valence-electron chi connectivity index (χ3n) is 6.90. The van der Waals surface area contributed by atoms with Gasteiger partial charge in [0, 0.05) is 6.54 Å². The molecule has 4 bridgehead atoms. The van der Waals surface area contributed by atoms with E-state index in [9.17, 15) is 18.4 Å². The molecule has 0 aromatic heterocycles. The quantitative estimate of drug-likeness (QED) is 0.691. The maximum Gasteiger partial charge on any atom is 0.387 e. The Morgan fingerprint density at radius 2 is 1.66 bits per heavy atom. The van der Waals surface area contributed by atoms with Gasteiger partial charge in [0.1, 0.15) is 5.75 Å². The van der Waals surface area contributed by atoms with Crippen molar-refractivity contribution >= 4 is 11.8 Å². The lowest BCUT2D eigenvalue weighted by molar-refractivity contribution is -0.120. The highest BCUT2D eigenvalue weighted by Gasteiger charge is 2.50. The second-order valence-electron chi connectivity index (χ2n) is 9.07. The molecule has 5 rings (SSSR count). The molecule has 0 saturated heterocycles. The minimum atomic E-state index is -3.02. The van der Waals surface area contributed by atoms with Gasteiger partial charge in [-0.15, -0.1) is 0 Å². The Labute approximate surface area is 169 Å². The summed E-state index contributed by atoms with van der Waals surface area (Å²) in [6.07, 6.45) is 9.09. The van der Waals surface area contributed by atoms with Crippen LogP contribution >= 0.6 is 0 Å². The van der Waals surface area contributed by atoms with Crippen molar-refractivity contribution in [3.05, 3.63) is 29.8 Å². The summed E-state index contributed by atoms with van der Waals surface area (Å²) in [5, 5.41) is 5.39. The lowest BCUT2D eigenvalue weighted by Gasteiger charge is -2.57. The van der Waals surface area contributed by atoms with Gasteiger partial charge in [0.15, 0.2) is 0 Å². The number of hydrogen-bond donors (Lipinski definition) is 2. The first-order chi connectivity index (χ1) is 13.9. The van der Waals surface area contributed by atoms with Gasteiger partial charge in [-0.2, -0.15) is 8.78 Å². The Hall–Kier alpha value is -2.18. The fraction of sp³-hybridized carbons (Fsp3) is 0.636. The van der Waals surface area contributed by atoms with Gasteiger partial charge in [-0.25, -0.2) is 0 Å². The van der Waals surface area contributed by atoms with Crippen molar-refractivity contribution < 1.29 is 23.1 Å². The Kier molecular flexibility index (Phi) is 5.74. The number of benzene rings is 1. The molecule has 2 N–H and O–H groups in total. The molecule has 0 aliphatic heterocycles. The Bertz CT molecular complexity index is 733. The van der Waals surface area contributed by atoms with Gasteiger partial charge in [0.05, 0.1) is 12.1 Å². The van der Waals surface area contributed by atoms with E-state index in [1.807, 2.05) is 0 Å². The molecule has 2 amide bonds. The van der Waals surface area contributed by atoms with Gasteiger partial charge in [0.25, 0.3) is 5.91 Å². The van der Waals surface area contributed by atoms with Crippen LogP contribution in [0.1, 0.15) is 55.3 Å². The molecule has 4 aliphatic carbocycles. The molecule has 4 saturated carbocycles. The largest absolute Gasteiger partial charge is 0.434 e. The second kappa shape index (κ2) is 8.28. The zero-order valence-electron chi connectivity index (χ0n) is 16.5. The Morgan fingerprint density at radius 3 is 2.28 bits per heavy atom. The van der Waals surface area contributed by atoms with E-state index < -0.39 is 12.5 Å². The molecule has 4 aliphatic rings. The van der Waals surface area contributed by atoms with E-state index in [2.05, 4.69) is 15.4 Å². The highest BCUT2D eigenvalue weighted by molar-refractivity contribution is 5.98. The lowest BCUT2D eigenvalue weighted by atomic mass is 9.49. The van der Waals surface area contributed by atoms with Crippen LogP contribution in [0.25, 0.3) is 0 Å². The first-order valence-electron chi connectivity index (χ1n) is 10.5. The van der Waals surface area contributed by atoms with Gasteiger partial charge in [-0.05, 0) is 80.2 Å². The molecule has 0 heterocycles. The van der Waals surface area contributed by atoms with Crippen LogP contribution in [0.2, 0.25) is 0 Å². The summed E-state index contributed by atoms with van der Waals surface area (Å²) in [7, 11) is 0. The number of alkyl halides is 2. The van der Waals surface area contributed by atoms with Crippen LogP contribution in [-0.4, -0.2) is 31.5 Å². The average molecular weight is 406 g/mol. The fourth-order valence-corrected chi connectivity index (χ4v) is 6.23. The number of para-hydroxylation sites is 1. The third-order valence-corrected chi connectivity index (χ3v) is 6.90. The highest BCUT2D eigenvalue weighted by Crippen LogP contribution is 2.61. The van der Waals surface area contributed by atoms with Crippen molar-refractivity contribution in [3.8, 4) is 5.75 Å². The van der Waals surface area contributed by atoms with Crippen molar-refractivity contribution in [3.63, 3.8) is 0 Å². The molecular formula is C22H28F2N2O3. The summed E-state index contributed by atoms with van der Waals surface area (Å²) < 4.78 is 29.3. The summed E-state index contributed by atoms with van der Waals surface area (Å²) >= 11 is 0. The Morgan fingerprint density at radius 1 is 1.03 bits per heavy atom.